The van der Waals surface area contributed by atoms with Crippen LogP contribution in [-0.2, 0) is 0 Å². The number of benzene rings is 2. The van der Waals surface area contributed by atoms with Gasteiger partial charge in [-0.15, -0.1) is 0 Å². The van der Waals surface area contributed by atoms with Crippen molar-refractivity contribution in [1.29, 1.82) is 0 Å². The third kappa shape index (κ3) is 3.29. The molecule has 2 N–H and O–H groups in total. The zero-order chi connectivity index (χ0) is 15.6. The number of aryl methyl sites for hydroxylation is 1. The van der Waals surface area contributed by atoms with Gasteiger partial charge in [-0.3, -0.25) is 14.9 Å². The molecule has 0 spiro atoms. The van der Waals surface area contributed by atoms with Crippen LogP contribution in [0.15, 0.2) is 36.4 Å². The number of amides is 1. The van der Waals surface area contributed by atoms with Gasteiger partial charge in [-0.1, -0.05) is 11.6 Å². The minimum atomic E-state index is -0.586. The third-order valence-electron chi connectivity index (χ3n) is 2.87. The first kappa shape index (κ1) is 14.8. The summed E-state index contributed by atoms with van der Waals surface area (Å²) < 4.78 is 0. The Morgan fingerprint density at radius 2 is 2.00 bits per heavy atom. The third-order valence-corrected chi connectivity index (χ3v) is 3.18. The van der Waals surface area contributed by atoms with Gasteiger partial charge in [0.25, 0.3) is 11.6 Å². The summed E-state index contributed by atoms with van der Waals surface area (Å²) in [5.41, 5.74) is 1.15. The normalized spacial score (nSPS) is 10.2. The zero-order valence-corrected chi connectivity index (χ0v) is 11.7. The largest absolute Gasteiger partial charge is 0.508 e. The van der Waals surface area contributed by atoms with Crippen molar-refractivity contribution in [1.82, 2.24) is 0 Å². The maximum Gasteiger partial charge on any atom is 0.270 e. The number of hydrogen-bond donors (Lipinski definition) is 2. The van der Waals surface area contributed by atoms with Crippen LogP contribution in [0.2, 0.25) is 5.02 Å². The van der Waals surface area contributed by atoms with Gasteiger partial charge in [0.05, 0.1) is 15.5 Å². The van der Waals surface area contributed by atoms with Crippen LogP contribution in [-0.4, -0.2) is 15.9 Å². The second-order valence-electron chi connectivity index (χ2n) is 4.37. The van der Waals surface area contributed by atoms with Crippen molar-refractivity contribution in [2.45, 2.75) is 6.92 Å². The number of rotatable bonds is 3. The Hall–Kier alpha value is -2.60. The summed E-state index contributed by atoms with van der Waals surface area (Å²) in [6.45, 7) is 1.73. The predicted octanol–water partition coefficient (Wildman–Crippen LogP) is 3.51. The lowest BCUT2D eigenvalue weighted by Crippen LogP contribution is -2.13. The smallest absolute Gasteiger partial charge is 0.270 e. The molecule has 1 amide bonds. The highest BCUT2D eigenvalue weighted by atomic mass is 35.5. The number of nitro groups is 1. The lowest BCUT2D eigenvalue weighted by molar-refractivity contribution is -0.384. The molecule has 0 fully saturated rings. The first-order valence-electron chi connectivity index (χ1n) is 5.93. The average Bonchev–Trinajstić information content (AvgIpc) is 2.41. The molecule has 0 aliphatic heterocycles. The number of phenols is 1. The molecule has 2 rings (SSSR count). The monoisotopic (exact) mass is 306 g/mol. The van der Waals surface area contributed by atoms with Crippen molar-refractivity contribution < 1.29 is 14.8 Å². The molecular formula is C14H11ClN2O4. The molecule has 0 aliphatic rings. The van der Waals surface area contributed by atoms with E-state index in [1.807, 2.05) is 0 Å². The van der Waals surface area contributed by atoms with Crippen molar-refractivity contribution >= 4 is 28.9 Å². The van der Waals surface area contributed by atoms with Gasteiger partial charge in [0, 0.05) is 17.8 Å². The summed E-state index contributed by atoms with van der Waals surface area (Å²) in [5, 5.41) is 22.6. The molecule has 108 valence electrons. The van der Waals surface area contributed by atoms with Crippen molar-refractivity contribution in [3.05, 3.63) is 62.7 Å². The van der Waals surface area contributed by atoms with Crippen LogP contribution in [0.1, 0.15) is 15.9 Å². The fourth-order valence-corrected chi connectivity index (χ4v) is 2.04. The number of aromatic hydroxyl groups is 1. The summed E-state index contributed by atoms with van der Waals surface area (Å²) in [7, 11) is 0. The number of halogens is 1. The van der Waals surface area contributed by atoms with E-state index in [-0.39, 0.29) is 22.0 Å². The lowest BCUT2D eigenvalue weighted by atomic mass is 10.1. The molecule has 0 unspecified atom stereocenters. The molecule has 2 aromatic carbocycles. The quantitative estimate of drug-likeness (QED) is 0.515. The Kier molecular flexibility index (Phi) is 4.09. The van der Waals surface area contributed by atoms with E-state index < -0.39 is 10.8 Å². The van der Waals surface area contributed by atoms with Gasteiger partial charge in [-0.25, -0.2) is 0 Å². The fourth-order valence-electron chi connectivity index (χ4n) is 1.78. The second kappa shape index (κ2) is 5.80. The van der Waals surface area contributed by atoms with Gasteiger partial charge < -0.3 is 10.4 Å². The van der Waals surface area contributed by atoms with E-state index in [1.54, 1.807) is 13.0 Å². The summed E-state index contributed by atoms with van der Waals surface area (Å²) in [5.74, 6) is -0.387. The fraction of sp³-hybridized carbons (Fsp3) is 0.0714. The van der Waals surface area contributed by atoms with Crippen LogP contribution in [0.4, 0.5) is 11.4 Å². The van der Waals surface area contributed by atoms with E-state index in [0.29, 0.717) is 11.3 Å². The zero-order valence-electron chi connectivity index (χ0n) is 11.0. The van der Waals surface area contributed by atoms with Crippen LogP contribution < -0.4 is 5.32 Å². The van der Waals surface area contributed by atoms with Crippen molar-refractivity contribution in [3.63, 3.8) is 0 Å². The van der Waals surface area contributed by atoms with Crippen LogP contribution in [0.5, 0.6) is 5.75 Å². The molecule has 21 heavy (non-hydrogen) atoms. The van der Waals surface area contributed by atoms with Crippen molar-refractivity contribution in [2.75, 3.05) is 5.32 Å². The van der Waals surface area contributed by atoms with E-state index in [9.17, 15) is 20.0 Å². The number of nitrogens with one attached hydrogen (secondary N) is 1. The summed E-state index contributed by atoms with van der Waals surface area (Å²) in [6.07, 6.45) is 0. The number of non-ortho nitro benzene ring substituents is 1. The van der Waals surface area contributed by atoms with Gasteiger partial charge in [0.1, 0.15) is 5.75 Å². The van der Waals surface area contributed by atoms with E-state index in [2.05, 4.69) is 5.32 Å². The first-order chi connectivity index (χ1) is 9.88. The average molecular weight is 307 g/mol. The Morgan fingerprint density at radius 1 is 1.29 bits per heavy atom. The molecule has 0 aromatic heterocycles. The van der Waals surface area contributed by atoms with Crippen LogP contribution in [0.25, 0.3) is 0 Å². The Labute approximate surface area is 125 Å². The maximum atomic E-state index is 12.1. The Morgan fingerprint density at radius 3 is 2.57 bits per heavy atom. The van der Waals surface area contributed by atoms with Crippen molar-refractivity contribution in [3.8, 4) is 5.75 Å². The van der Waals surface area contributed by atoms with Crippen LogP contribution in [0, 0.1) is 17.0 Å². The maximum absolute atomic E-state index is 12.1. The second-order valence-corrected chi connectivity index (χ2v) is 4.78. The molecule has 0 saturated heterocycles. The van der Waals surface area contributed by atoms with Crippen molar-refractivity contribution in [2.24, 2.45) is 0 Å². The van der Waals surface area contributed by atoms with Gasteiger partial charge >= 0.3 is 0 Å². The molecule has 0 bridgehead atoms. The van der Waals surface area contributed by atoms with Gasteiger partial charge in [0.2, 0.25) is 0 Å². The highest BCUT2D eigenvalue weighted by molar-refractivity contribution is 6.34. The number of hydrogen-bond acceptors (Lipinski definition) is 4. The van der Waals surface area contributed by atoms with Crippen LogP contribution >= 0.6 is 11.6 Å². The highest BCUT2D eigenvalue weighted by Crippen LogP contribution is 2.25. The topological polar surface area (TPSA) is 92.5 Å². The number of anilines is 1. The number of nitrogens with zero attached hydrogens (tertiary/aromatic N) is 1. The van der Waals surface area contributed by atoms with Gasteiger partial charge in [-0.2, -0.15) is 0 Å². The highest BCUT2D eigenvalue weighted by Gasteiger charge is 2.15. The molecule has 2 aromatic rings. The molecule has 0 radical (unpaired) electrons. The van der Waals surface area contributed by atoms with E-state index in [0.717, 1.165) is 6.07 Å². The predicted molar refractivity (Wildman–Crippen MR) is 78.9 cm³/mol. The van der Waals surface area contributed by atoms with Gasteiger partial charge in [0.15, 0.2) is 0 Å². The van der Waals surface area contributed by atoms with E-state index in [1.165, 1.54) is 24.3 Å². The van der Waals surface area contributed by atoms with Gasteiger partial charge in [-0.05, 0) is 36.8 Å². The first-order valence-corrected chi connectivity index (χ1v) is 6.31. The Bertz CT molecular complexity index is 731. The standard InChI is InChI=1S/C14H11ClN2O4/c1-8-6-10(18)3-5-13(8)16-14(19)11-4-2-9(17(20)21)7-12(11)15/h2-7,18H,1H3,(H,16,19). The minimum Gasteiger partial charge on any atom is -0.508 e. The number of phenolic OH excluding ortho intramolecular Hbond substituents is 1. The van der Waals surface area contributed by atoms with E-state index in [4.69, 9.17) is 11.6 Å². The number of nitro benzene ring substituents is 1. The SMILES string of the molecule is Cc1cc(O)ccc1NC(=O)c1ccc([N+](=O)[O-])cc1Cl. The number of carbonyl (C=O) groups excluding carboxylic acids is 1. The summed E-state index contributed by atoms with van der Waals surface area (Å²) in [6, 6.07) is 8.14. The van der Waals surface area contributed by atoms with Crippen LogP contribution in [0.3, 0.4) is 0 Å². The number of carbonyl (C=O) groups is 1. The molecule has 0 atom stereocenters. The molecule has 0 saturated carbocycles. The molecule has 0 heterocycles. The molecule has 0 aliphatic carbocycles. The lowest BCUT2D eigenvalue weighted by Gasteiger charge is -2.09. The minimum absolute atomic E-state index is 0.00173. The molecular weight excluding hydrogens is 296 g/mol. The molecule has 7 heteroatoms. The summed E-state index contributed by atoms with van der Waals surface area (Å²) in [4.78, 5) is 22.2. The van der Waals surface area contributed by atoms with E-state index >= 15 is 0 Å². The Balaban J connectivity index is 2.26. The summed E-state index contributed by atoms with van der Waals surface area (Å²) >= 11 is 5.89. The molecule has 6 nitrogen and oxygen atoms in total.